The zero-order valence-electron chi connectivity index (χ0n) is 16.9. The van der Waals surface area contributed by atoms with Crippen molar-refractivity contribution in [1.29, 1.82) is 0 Å². The van der Waals surface area contributed by atoms with Gasteiger partial charge in [0.15, 0.2) is 0 Å². The molecule has 1 N–H and O–H groups in total. The van der Waals surface area contributed by atoms with E-state index in [4.69, 9.17) is 0 Å². The molecule has 20 heteroatoms. The van der Waals surface area contributed by atoms with Crippen molar-refractivity contribution >= 4 is 16.0 Å². The fraction of sp³-hybridized carbons (Fsp3) is 0.929. The van der Waals surface area contributed by atoms with Gasteiger partial charge in [-0.15, -0.1) is 0 Å². The zero-order valence-corrected chi connectivity index (χ0v) is 17.8. The fourth-order valence-electron chi connectivity index (χ4n) is 2.23. The third kappa shape index (κ3) is 5.80. The van der Waals surface area contributed by atoms with Crippen LogP contribution < -0.4 is 9.83 Å². The smallest absolute Gasteiger partial charge is 0.460 e. The summed E-state index contributed by atoms with van der Waals surface area (Å²) in [4.78, 5) is 10.4. The van der Waals surface area contributed by atoms with Crippen LogP contribution in [0.5, 0.6) is 0 Å². The molecule has 34 heavy (non-hydrogen) atoms. The molecule has 204 valence electrons. The summed E-state index contributed by atoms with van der Waals surface area (Å²) >= 11 is 0. The number of nitrogens with one attached hydrogen (secondary N) is 1. The second kappa shape index (κ2) is 9.47. The lowest BCUT2D eigenvalue weighted by Gasteiger charge is -2.39. The summed E-state index contributed by atoms with van der Waals surface area (Å²) in [6, 6.07) is 0. The number of rotatable bonds is 13. The van der Waals surface area contributed by atoms with Crippen LogP contribution in [-0.2, 0) is 14.8 Å². The molecule has 0 aromatic carbocycles. The van der Waals surface area contributed by atoms with E-state index in [0.29, 0.717) is 4.72 Å². The van der Waals surface area contributed by atoms with Crippen molar-refractivity contribution < 1.29 is 79.9 Å². The Kier molecular flexibility index (Phi) is 9.03. The van der Waals surface area contributed by atoms with E-state index in [1.807, 2.05) is 0 Å². The minimum Gasteiger partial charge on any atom is -0.550 e. The van der Waals surface area contributed by atoms with Crippen LogP contribution in [0, 0.1) is 0 Å². The third-order valence-electron chi connectivity index (χ3n) is 4.40. The van der Waals surface area contributed by atoms with Gasteiger partial charge in [-0.2, -0.15) is 57.1 Å². The quantitative estimate of drug-likeness (QED) is 0.214. The highest BCUT2D eigenvalue weighted by molar-refractivity contribution is 7.90. The Hall–Kier alpha value is -1.57. The molecule has 0 aromatic rings. The van der Waals surface area contributed by atoms with Crippen LogP contribution >= 0.6 is 0 Å². The molecular formula is C14H17F13N2O4S. The van der Waals surface area contributed by atoms with E-state index < -0.39 is 70.5 Å². The van der Waals surface area contributed by atoms with E-state index in [0.717, 1.165) is 0 Å². The predicted octanol–water partition coefficient (Wildman–Crippen LogP) is 2.21. The first kappa shape index (κ1) is 32.4. The van der Waals surface area contributed by atoms with Gasteiger partial charge in [-0.3, -0.25) is 0 Å². The number of carbonyl (C=O) groups excluding carboxylic acids is 1. The van der Waals surface area contributed by atoms with Crippen molar-refractivity contribution in [1.82, 2.24) is 4.72 Å². The number of halogens is 13. The minimum absolute atomic E-state index is 0.155. The maximum absolute atomic E-state index is 13.7. The molecule has 0 fully saturated rings. The molecule has 0 amide bonds. The molecule has 0 aromatic heterocycles. The molecule has 0 aliphatic heterocycles. The number of hydrogen-bond acceptors (Lipinski definition) is 4. The van der Waals surface area contributed by atoms with Gasteiger partial charge < -0.3 is 14.4 Å². The molecule has 0 saturated carbocycles. The van der Waals surface area contributed by atoms with Crippen LogP contribution in [-0.4, -0.2) is 87.7 Å². The number of carboxylic acid groups (broad SMARTS) is 1. The van der Waals surface area contributed by atoms with Gasteiger partial charge in [0, 0.05) is 25.4 Å². The van der Waals surface area contributed by atoms with Crippen LogP contribution in [0.3, 0.4) is 0 Å². The van der Waals surface area contributed by atoms with Gasteiger partial charge in [-0.1, -0.05) is 0 Å². The van der Waals surface area contributed by atoms with E-state index in [1.54, 1.807) is 0 Å². The van der Waals surface area contributed by atoms with Crippen LogP contribution in [0.4, 0.5) is 57.1 Å². The lowest BCUT2D eigenvalue weighted by Crippen LogP contribution is -2.71. The zero-order chi connectivity index (χ0) is 27.8. The lowest BCUT2D eigenvalue weighted by molar-refractivity contribution is -0.890. The van der Waals surface area contributed by atoms with Crippen molar-refractivity contribution in [3.05, 3.63) is 0 Å². The Morgan fingerprint density at radius 2 is 1.18 bits per heavy atom. The molecule has 0 spiro atoms. The molecule has 0 heterocycles. The standard InChI is InChI=1S/C14H17F13N2O4S/c1-29(2,7-4-8(30)31)6-3-5-28-34(32,33)14(26,27)12(21,22)10(17,18)9(15,16)11(19,20)13(23,24)25/h28H,3-7H2,1-2H3. The van der Waals surface area contributed by atoms with Gasteiger partial charge in [-0.05, 0) is 0 Å². The minimum atomic E-state index is -8.22. The van der Waals surface area contributed by atoms with E-state index in [1.165, 1.54) is 14.1 Å². The summed E-state index contributed by atoms with van der Waals surface area (Å²) in [5.74, 6) is -33.9. The fourth-order valence-corrected chi connectivity index (χ4v) is 3.29. The Bertz CT molecular complexity index is 841. The monoisotopic (exact) mass is 556 g/mol. The van der Waals surface area contributed by atoms with Crippen molar-refractivity contribution in [3.8, 4) is 0 Å². The normalized spacial score (nSPS) is 15.5. The van der Waals surface area contributed by atoms with Crippen molar-refractivity contribution in [3.63, 3.8) is 0 Å². The summed E-state index contributed by atoms with van der Waals surface area (Å²) in [5.41, 5.74) is 0. The van der Waals surface area contributed by atoms with Crippen molar-refractivity contribution in [2.75, 3.05) is 33.7 Å². The summed E-state index contributed by atoms with van der Waals surface area (Å²) in [5, 5.41) is 3.09. The molecular weight excluding hydrogens is 539 g/mol. The average molecular weight is 556 g/mol. The SMILES string of the molecule is C[N+](C)(CCCNS(=O)(=O)C(F)(F)C(F)(F)C(F)(F)C(F)(F)C(F)(F)C(F)(F)F)CCC(=O)[O-]. The predicted molar refractivity (Wildman–Crippen MR) is 83.8 cm³/mol. The number of sulfonamides is 1. The number of hydrogen-bond donors (Lipinski definition) is 1. The van der Waals surface area contributed by atoms with Gasteiger partial charge in [0.2, 0.25) is 0 Å². The Morgan fingerprint density at radius 1 is 0.765 bits per heavy atom. The molecule has 0 atom stereocenters. The first-order chi connectivity index (χ1) is 14.6. The Balaban J connectivity index is 5.79. The molecule has 0 aliphatic carbocycles. The van der Waals surface area contributed by atoms with Gasteiger partial charge in [0.25, 0.3) is 10.0 Å². The lowest BCUT2D eigenvalue weighted by atomic mass is 9.98. The summed E-state index contributed by atoms with van der Waals surface area (Å²) in [7, 11) is -4.40. The van der Waals surface area contributed by atoms with Crippen LogP contribution in [0.15, 0.2) is 0 Å². The van der Waals surface area contributed by atoms with Gasteiger partial charge in [0.05, 0.1) is 27.2 Å². The molecule has 0 aliphatic rings. The molecule has 0 saturated heterocycles. The van der Waals surface area contributed by atoms with Gasteiger partial charge >= 0.3 is 35.1 Å². The van der Waals surface area contributed by atoms with E-state index in [-0.39, 0.29) is 17.6 Å². The third-order valence-corrected chi connectivity index (χ3v) is 5.91. The summed E-state index contributed by atoms with van der Waals surface area (Å²) < 4.78 is 193. The molecule has 6 nitrogen and oxygen atoms in total. The first-order valence-electron chi connectivity index (χ1n) is 8.59. The number of carboxylic acids is 1. The van der Waals surface area contributed by atoms with Gasteiger partial charge in [-0.25, -0.2) is 13.1 Å². The highest BCUT2D eigenvalue weighted by Gasteiger charge is 2.92. The largest absolute Gasteiger partial charge is 0.550 e. The van der Waals surface area contributed by atoms with Crippen LogP contribution in [0.1, 0.15) is 12.8 Å². The Morgan fingerprint density at radius 3 is 1.56 bits per heavy atom. The second-order valence-electron chi connectivity index (χ2n) is 7.57. The van der Waals surface area contributed by atoms with E-state index in [2.05, 4.69) is 0 Å². The summed E-state index contributed by atoms with van der Waals surface area (Å²) in [6.45, 7) is -1.65. The summed E-state index contributed by atoms with van der Waals surface area (Å²) in [6.07, 6.45) is -8.68. The highest BCUT2D eigenvalue weighted by atomic mass is 32.2. The number of carbonyl (C=O) groups is 1. The molecule has 0 unspecified atom stereocenters. The van der Waals surface area contributed by atoms with Gasteiger partial charge in [0.1, 0.15) is 0 Å². The highest BCUT2D eigenvalue weighted by Crippen LogP contribution is 2.60. The number of aliphatic carboxylic acids is 1. The number of alkyl halides is 13. The van der Waals surface area contributed by atoms with E-state index in [9.17, 15) is 75.4 Å². The number of nitrogens with zero attached hydrogens (tertiary/aromatic N) is 1. The first-order valence-corrected chi connectivity index (χ1v) is 10.1. The van der Waals surface area contributed by atoms with E-state index >= 15 is 0 Å². The number of quaternary nitrogens is 1. The van der Waals surface area contributed by atoms with Crippen LogP contribution in [0.25, 0.3) is 0 Å². The average Bonchev–Trinajstić information content (AvgIpc) is 2.62. The van der Waals surface area contributed by atoms with Crippen LogP contribution in [0.2, 0.25) is 0 Å². The van der Waals surface area contributed by atoms with Crippen molar-refractivity contribution in [2.45, 2.75) is 48.0 Å². The van der Waals surface area contributed by atoms with Crippen molar-refractivity contribution in [2.24, 2.45) is 0 Å². The molecule has 0 rings (SSSR count). The molecule has 0 bridgehead atoms. The maximum atomic E-state index is 13.7. The Labute approximate surface area is 183 Å². The molecule has 0 radical (unpaired) electrons. The maximum Gasteiger partial charge on any atom is 0.460 e. The topological polar surface area (TPSA) is 86.3 Å². The second-order valence-corrected chi connectivity index (χ2v) is 9.38.